The molecular weight excluding hydrogens is 212 g/mol. The summed E-state index contributed by atoms with van der Waals surface area (Å²) in [5.41, 5.74) is 5.59. The van der Waals surface area contributed by atoms with E-state index in [4.69, 9.17) is 15.9 Å². The molecule has 0 aromatic heterocycles. The number of carbonyl (C=O) groups is 2. The third-order valence-corrected chi connectivity index (χ3v) is 2.16. The second-order valence-electron chi connectivity index (χ2n) is 3.59. The van der Waals surface area contributed by atoms with Gasteiger partial charge in [-0.05, 0) is 12.8 Å². The zero-order valence-corrected chi connectivity index (χ0v) is 9.56. The van der Waals surface area contributed by atoms with Crippen LogP contribution in [0, 0.1) is 0 Å². The van der Waals surface area contributed by atoms with E-state index in [1.54, 1.807) is 0 Å². The Balaban J connectivity index is 4.18. The van der Waals surface area contributed by atoms with Crippen LogP contribution >= 0.6 is 0 Å². The molecule has 0 saturated heterocycles. The molecular formula is C10H20N2O4. The Morgan fingerprint density at radius 2 is 2.00 bits per heavy atom. The molecule has 0 saturated carbocycles. The average Bonchev–Trinajstić information content (AvgIpc) is 2.24. The molecule has 0 aromatic rings. The van der Waals surface area contributed by atoms with Crippen molar-refractivity contribution in [3.63, 3.8) is 0 Å². The number of nitrogens with two attached hydrogens (primary N) is 1. The Morgan fingerprint density at radius 1 is 1.38 bits per heavy atom. The van der Waals surface area contributed by atoms with Gasteiger partial charge in [-0.2, -0.15) is 0 Å². The quantitative estimate of drug-likeness (QED) is 0.519. The van der Waals surface area contributed by atoms with Gasteiger partial charge in [-0.1, -0.05) is 6.92 Å². The van der Waals surface area contributed by atoms with Crippen molar-refractivity contribution in [1.29, 1.82) is 0 Å². The minimum Gasteiger partial charge on any atom is -0.481 e. The number of amides is 1. The van der Waals surface area contributed by atoms with Gasteiger partial charge in [0.15, 0.2) is 0 Å². The van der Waals surface area contributed by atoms with Gasteiger partial charge in [0.25, 0.3) is 0 Å². The van der Waals surface area contributed by atoms with Gasteiger partial charge < -0.3 is 20.8 Å². The molecule has 16 heavy (non-hydrogen) atoms. The Hall–Kier alpha value is -1.14. The Labute approximate surface area is 95.0 Å². The first-order chi connectivity index (χ1) is 7.52. The number of aliphatic hydroxyl groups excluding tert-OH is 1. The standard InChI is InChI=1S/C10H20N2O4/c1-2-5-12(6-7-13)10(16)8(11)3-4-9(14)15/h8,13H,2-7,11H2,1H3,(H,14,15). The first-order valence-electron chi connectivity index (χ1n) is 5.40. The Kier molecular flexibility index (Phi) is 7.49. The lowest BCUT2D eigenvalue weighted by Crippen LogP contribution is -2.45. The van der Waals surface area contributed by atoms with E-state index in [1.807, 2.05) is 6.92 Å². The topological polar surface area (TPSA) is 104 Å². The van der Waals surface area contributed by atoms with Crippen molar-refractivity contribution >= 4 is 11.9 Å². The summed E-state index contributed by atoms with van der Waals surface area (Å²) in [6, 6.07) is -0.797. The highest BCUT2D eigenvalue weighted by Crippen LogP contribution is 2.01. The summed E-state index contributed by atoms with van der Waals surface area (Å²) in [5, 5.41) is 17.3. The van der Waals surface area contributed by atoms with Gasteiger partial charge in [0, 0.05) is 19.5 Å². The van der Waals surface area contributed by atoms with Crippen LogP contribution in [0.1, 0.15) is 26.2 Å². The molecule has 0 rings (SSSR count). The number of aliphatic carboxylic acids is 1. The van der Waals surface area contributed by atoms with Gasteiger partial charge in [-0.15, -0.1) is 0 Å². The van der Waals surface area contributed by atoms with Crippen molar-refractivity contribution < 1.29 is 19.8 Å². The maximum atomic E-state index is 11.7. The predicted molar refractivity (Wildman–Crippen MR) is 58.8 cm³/mol. The molecule has 0 heterocycles. The third kappa shape index (κ3) is 5.67. The molecule has 4 N–H and O–H groups in total. The Morgan fingerprint density at radius 3 is 2.44 bits per heavy atom. The highest BCUT2D eigenvalue weighted by Gasteiger charge is 2.20. The lowest BCUT2D eigenvalue weighted by molar-refractivity contribution is -0.137. The van der Waals surface area contributed by atoms with Crippen molar-refractivity contribution in [2.45, 2.75) is 32.2 Å². The predicted octanol–water partition coefficient (Wildman–Crippen LogP) is -0.591. The van der Waals surface area contributed by atoms with Crippen LogP contribution in [0.25, 0.3) is 0 Å². The summed E-state index contributed by atoms with van der Waals surface area (Å²) >= 11 is 0. The molecule has 1 atom stereocenters. The molecule has 0 radical (unpaired) electrons. The van der Waals surface area contributed by atoms with E-state index < -0.39 is 12.0 Å². The molecule has 0 aliphatic heterocycles. The molecule has 6 nitrogen and oxygen atoms in total. The first kappa shape index (κ1) is 14.9. The van der Waals surface area contributed by atoms with Gasteiger partial charge >= 0.3 is 5.97 Å². The minimum atomic E-state index is -0.965. The molecule has 94 valence electrons. The summed E-state index contributed by atoms with van der Waals surface area (Å²) in [4.78, 5) is 23.5. The third-order valence-electron chi connectivity index (χ3n) is 2.16. The smallest absolute Gasteiger partial charge is 0.303 e. The number of nitrogens with zero attached hydrogens (tertiary/aromatic N) is 1. The molecule has 0 bridgehead atoms. The van der Waals surface area contributed by atoms with Crippen LogP contribution in [0.4, 0.5) is 0 Å². The van der Waals surface area contributed by atoms with Crippen molar-refractivity contribution in [2.24, 2.45) is 5.73 Å². The van der Waals surface area contributed by atoms with Crippen molar-refractivity contribution in [2.75, 3.05) is 19.7 Å². The maximum Gasteiger partial charge on any atom is 0.303 e. The van der Waals surface area contributed by atoms with Crippen LogP contribution in [0.15, 0.2) is 0 Å². The van der Waals surface area contributed by atoms with Crippen LogP contribution < -0.4 is 5.73 Å². The van der Waals surface area contributed by atoms with Crippen LogP contribution in [0.5, 0.6) is 0 Å². The van der Waals surface area contributed by atoms with Crippen LogP contribution in [-0.2, 0) is 9.59 Å². The summed E-state index contributed by atoms with van der Waals surface area (Å²) in [7, 11) is 0. The van der Waals surface area contributed by atoms with Gasteiger partial charge in [0.2, 0.25) is 5.91 Å². The van der Waals surface area contributed by atoms with E-state index in [-0.39, 0.29) is 31.9 Å². The molecule has 0 aliphatic rings. The SMILES string of the molecule is CCCN(CCO)C(=O)C(N)CCC(=O)O. The lowest BCUT2D eigenvalue weighted by atomic mass is 10.1. The molecule has 0 aliphatic carbocycles. The minimum absolute atomic E-state index is 0.114. The van der Waals surface area contributed by atoms with Crippen LogP contribution in [0.3, 0.4) is 0 Å². The first-order valence-corrected chi connectivity index (χ1v) is 5.40. The largest absolute Gasteiger partial charge is 0.481 e. The van der Waals surface area contributed by atoms with E-state index in [9.17, 15) is 9.59 Å². The Bertz CT molecular complexity index is 227. The second kappa shape index (κ2) is 8.06. The normalized spacial score (nSPS) is 12.2. The maximum absolute atomic E-state index is 11.7. The lowest BCUT2D eigenvalue weighted by Gasteiger charge is -2.24. The second-order valence-corrected chi connectivity index (χ2v) is 3.59. The summed E-state index contributed by atoms with van der Waals surface area (Å²) in [6.07, 6.45) is 0.781. The van der Waals surface area contributed by atoms with Gasteiger partial charge in [0.05, 0.1) is 12.6 Å². The van der Waals surface area contributed by atoms with Crippen molar-refractivity contribution in [3.8, 4) is 0 Å². The fourth-order valence-corrected chi connectivity index (χ4v) is 1.36. The molecule has 0 fully saturated rings. The molecule has 0 spiro atoms. The van der Waals surface area contributed by atoms with Crippen molar-refractivity contribution in [3.05, 3.63) is 0 Å². The number of hydrogen-bond acceptors (Lipinski definition) is 4. The highest BCUT2D eigenvalue weighted by molar-refractivity contribution is 5.82. The monoisotopic (exact) mass is 232 g/mol. The zero-order chi connectivity index (χ0) is 12.6. The summed E-state index contributed by atoms with van der Waals surface area (Å²) in [6.45, 7) is 2.57. The van der Waals surface area contributed by atoms with E-state index in [0.717, 1.165) is 6.42 Å². The highest BCUT2D eigenvalue weighted by atomic mass is 16.4. The summed E-state index contributed by atoms with van der Waals surface area (Å²) in [5.74, 6) is -1.26. The molecule has 6 heteroatoms. The van der Waals surface area contributed by atoms with Gasteiger partial charge in [0.1, 0.15) is 0 Å². The number of hydrogen-bond donors (Lipinski definition) is 3. The van der Waals surface area contributed by atoms with Gasteiger partial charge in [-0.25, -0.2) is 0 Å². The molecule has 1 amide bonds. The summed E-state index contributed by atoms with van der Waals surface area (Å²) < 4.78 is 0. The number of aliphatic hydroxyl groups is 1. The fourth-order valence-electron chi connectivity index (χ4n) is 1.36. The van der Waals surface area contributed by atoms with Crippen LogP contribution in [0.2, 0.25) is 0 Å². The van der Waals surface area contributed by atoms with E-state index in [1.165, 1.54) is 4.90 Å². The van der Waals surface area contributed by atoms with E-state index >= 15 is 0 Å². The van der Waals surface area contributed by atoms with Gasteiger partial charge in [-0.3, -0.25) is 9.59 Å². The van der Waals surface area contributed by atoms with E-state index in [2.05, 4.69) is 0 Å². The molecule has 1 unspecified atom stereocenters. The zero-order valence-electron chi connectivity index (χ0n) is 9.56. The number of carboxylic acids is 1. The fraction of sp³-hybridized carbons (Fsp3) is 0.800. The molecule has 0 aromatic carbocycles. The van der Waals surface area contributed by atoms with Crippen LogP contribution in [-0.4, -0.2) is 52.7 Å². The van der Waals surface area contributed by atoms with Crippen molar-refractivity contribution in [1.82, 2.24) is 4.90 Å². The number of carbonyl (C=O) groups excluding carboxylic acids is 1. The van der Waals surface area contributed by atoms with E-state index in [0.29, 0.717) is 6.54 Å². The average molecular weight is 232 g/mol. The number of rotatable bonds is 8. The number of carboxylic acid groups (broad SMARTS) is 1.